The van der Waals surface area contributed by atoms with Crippen LogP contribution in [-0.2, 0) is 6.54 Å². The van der Waals surface area contributed by atoms with Gasteiger partial charge in [-0.15, -0.1) is 11.3 Å². The zero-order valence-corrected chi connectivity index (χ0v) is 15.3. The fourth-order valence-electron chi connectivity index (χ4n) is 2.35. The van der Waals surface area contributed by atoms with E-state index in [2.05, 4.69) is 9.97 Å². The first-order valence-corrected chi connectivity index (χ1v) is 9.29. The zero-order valence-electron chi connectivity index (χ0n) is 13.7. The van der Waals surface area contributed by atoms with Gasteiger partial charge in [0, 0.05) is 11.4 Å². The summed E-state index contributed by atoms with van der Waals surface area (Å²) in [4.78, 5) is 22.5. The summed E-state index contributed by atoms with van der Waals surface area (Å²) >= 11 is 2.57. The van der Waals surface area contributed by atoms with E-state index in [1.54, 1.807) is 19.1 Å². The van der Waals surface area contributed by atoms with Crippen molar-refractivity contribution in [2.24, 2.45) is 5.73 Å². The normalized spacial score (nSPS) is 11.0. The number of thiophene rings is 1. The fraction of sp³-hybridized carbons (Fsp3) is 0.235. The molecule has 130 valence electrons. The highest BCUT2D eigenvalue weighted by Crippen LogP contribution is 2.32. The minimum Gasteiger partial charge on any atom is -0.494 e. The number of benzene rings is 1. The third kappa shape index (κ3) is 3.65. The van der Waals surface area contributed by atoms with Crippen LogP contribution < -0.4 is 10.5 Å². The summed E-state index contributed by atoms with van der Waals surface area (Å²) < 4.78 is 19.7. The van der Waals surface area contributed by atoms with Gasteiger partial charge in [0.15, 0.2) is 17.3 Å². The topological polar surface area (TPSA) is 78.1 Å². The summed E-state index contributed by atoms with van der Waals surface area (Å²) in [6, 6.07) is 6.83. The fourth-order valence-corrected chi connectivity index (χ4v) is 4.22. The highest BCUT2D eigenvalue weighted by molar-refractivity contribution is 8.00. The summed E-state index contributed by atoms with van der Waals surface area (Å²) in [6.45, 7) is 2.14. The number of aromatic nitrogens is 2. The molecule has 0 aliphatic heterocycles. The van der Waals surface area contributed by atoms with Crippen LogP contribution in [0.4, 0.5) is 4.39 Å². The molecule has 2 heterocycles. The Morgan fingerprint density at radius 1 is 1.32 bits per heavy atom. The number of ketones is 1. The van der Waals surface area contributed by atoms with Gasteiger partial charge in [-0.05, 0) is 31.2 Å². The maximum Gasteiger partial charge on any atom is 0.183 e. The number of rotatable bonds is 6. The van der Waals surface area contributed by atoms with Crippen LogP contribution in [0.25, 0.3) is 10.9 Å². The Kier molecular flexibility index (Phi) is 5.31. The third-order valence-corrected chi connectivity index (χ3v) is 5.67. The number of hydrogen-bond donors (Lipinski definition) is 1. The molecule has 0 aliphatic carbocycles. The summed E-state index contributed by atoms with van der Waals surface area (Å²) in [5.74, 6) is 0.249. The van der Waals surface area contributed by atoms with Crippen LogP contribution in [0, 0.1) is 12.7 Å². The van der Waals surface area contributed by atoms with Gasteiger partial charge in [0.1, 0.15) is 10.9 Å². The van der Waals surface area contributed by atoms with E-state index in [4.69, 9.17) is 10.5 Å². The molecular weight excluding hydrogens is 361 g/mol. The van der Waals surface area contributed by atoms with Gasteiger partial charge in [-0.3, -0.25) is 4.79 Å². The second kappa shape index (κ2) is 7.47. The van der Waals surface area contributed by atoms with Crippen molar-refractivity contribution >= 4 is 39.8 Å². The molecule has 3 aromatic rings. The number of methoxy groups -OCH3 is 1. The average molecular weight is 377 g/mol. The Bertz CT molecular complexity index is 943. The number of carbonyl (C=O) groups is 1. The number of thioether (sulfide) groups is 1. The van der Waals surface area contributed by atoms with E-state index < -0.39 is 5.82 Å². The van der Waals surface area contributed by atoms with E-state index in [-0.39, 0.29) is 22.7 Å². The summed E-state index contributed by atoms with van der Waals surface area (Å²) in [5, 5.41) is 0.708. The van der Waals surface area contributed by atoms with Gasteiger partial charge < -0.3 is 10.5 Å². The standard InChI is InChI=1S/C17H16FN3O2S2/c1-9-20-11-4-5-13(23-2)16(18)15(11)17(21-9)24-8-12(22)14-6-3-10(7-19)25-14/h3-6H,7-8,19H2,1-2H3. The maximum absolute atomic E-state index is 14.6. The van der Waals surface area contributed by atoms with Crippen LogP contribution in [0.15, 0.2) is 29.3 Å². The van der Waals surface area contributed by atoms with Crippen molar-refractivity contribution in [1.82, 2.24) is 9.97 Å². The number of ether oxygens (including phenoxy) is 1. The molecule has 1 aromatic carbocycles. The Hall–Kier alpha value is -2.03. The molecular formula is C17H16FN3O2S2. The lowest BCUT2D eigenvalue weighted by Crippen LogP contribution is -2.02. The number of fused-ring (bicyclic) bond motifs is 1. The number of nitrogens with two attached hydrogens (primary N) is 1. The predicted octanol–water partition coefficient (Wildman–Crippen LogP) is 3.58. The lowest BCUT2D eigenvalue weighted by Gasteiger charge is -2.09. The van der Waals surface area contributed by atoms with Crippen LogP contribution in [0.2, 0.25) is 0 Å². The first kappa shape index (κ1) is 17.8. The first-order chi connectivity index (χ1) is 12.0. The van der Waals surface area contributed by atoms with Crippen molar-refractivity contribution in [3.05, 3.63) is 45.7 Å². The average Bonchev–Trinajstić information content (AvgIpc) is 3.08. The molecule has 0 amide bonds. The smallest absolute Gasteiger partial charge is 0.183 e. The van der Waals surface area contributed by atoms with Gasteiger partial charge in [0.2, 0.25) is 0 Å². The monoisotopic (exact) mass is 377 g/mol. The molecule has 0 unspecified atom stereocenters. The molecule has 0 fully saturated rings. The number of nitrogens with zero attached hydrogens (tertiary/aromatic N) is 2. The molecule has 8 heteroatoms. The number of hydrogen-bond acceptors (Lipinski definition) is 7. The minimum absolute atomic E-state index is 0.0394. The van der Waals surface area contributed by atoms with Crippen LogP contribution >= 0.6 is 23.1 Å². The minimum atomic E-state index is -0.517. The zero-order chi connectivity index (χ0) is 18.0. The lowest BCUT2D eigenvalue weighted by atomic mass is 10.2. The van der Waals surface area contributed by atoms with Crippen molar-refractivity contribution in [2.75, 3.05) is 12.9 Å². The van der Waals surface area contributed by atoms with Crippen LogP contribution in [-0.4, -0.2) is 28.6 Å². The Labute approximate surface area is 152 Å². The molecule has 25 heavy (non-hydrogen) atoms. The molecule has 2 N–H and O–H groups in total. The molecule has 5 nitrogen and oxygen atoms in total. The molecule has 0 aliphatic rings. The molecule has 0 atom stereocenters. The molecule has 2 aromatic heterocycles. The van der Waals surface area contributed by atoms with Crippen molar-refractivity contribution in [1.29, 1.82) is 0 Å². The summed E-state index contributed by atoms with van der Waals surface area (Å²) in [7, 11) is 1.40. The van der Waals surface area contributed by atoms with E-state index in [9.17, 15) is 9.18 Å². The van der Waals surface area contributed by atoms with Gasteiger partial charge in [-0.2, -0.15) is 0 Å². The first-order valence-electron chi connectivity index (χ1n) is 7.49. The van der Waals surface area contributed by atoms with Crippen molar-refractivity contribution < 1.29 is 13.9 Å². The highest BCUT2D eigenvalue weighted by atomic mass is 32.2. The number of carbonyl (C=O) groups excluding carboxylic acids is 1. The van der Waals surface area contributed by atoms with Gasteiger partial charge in [0.05, 0.1) is 28.6 Å². The van der Waals surface area contributed by atoms with Crippen molar-refractivity contribution in [3.8, 4) is 5.75 Å². The largest absolute Gasteiger partial charge is 0.494 e. The molecule has 3 rings (SSSR count). The molecule has 0 saturated heterocycles. The van der Waals surface area contributed by atoms with Gasteiger partial charge >= 0.3 is 0 Å². The van der Waals surface area contributed by atoms with Crippen molar-refractivity contribution in [2.45, 2.75) is 18.5 Å². The van der Waals surface area contributed by atoms with Gasteiger partial charge in [0.25, 0.3) is 0 Å². The Morgan fingerprint density at radius 2 is 2.12 bits per heavy atom. The SMILES string of the molecule is COc1ccc2nc(C)nc(SCC(=O)c3ccc(CN)s3)c2c1F. The predicted molar refractivity (Wildman–Crippen MR) is 98.0 cm³/mol. The van der Waals surface area contributed by atoms with Crippen LogP contribution in [0.3, 0.4) is 0 Å². The van der Waals surface area contributed by atoms with E-state index in [0.29, 0.717) is 27.8 Å². The summed E-state index contributed by atoms with van der Waals surface area (Å²) in [6.07, 6.45) is 0. The van der Waals surface area contributed by atoms with Crippen LogP contribution in [0.1, 0.15) is 20.4 Å². The molecule has 0 bridgehead atoms. The highest BCUT2D eigenvalue weighted by Gasteiger charge is 2.17. The van der Waals surface area contributed by atoms with E-state index >= 15 is 0 Å². The third-order valence-electron chi connectivity index (χ3n) is 3.54. The van der Waals surface area contributed by atoms with Crippen molar-refractivity contribution in [3.63, 3.8) is 0 Å². The second-order valence-electron chi connectivity index (χ2n) is 5.23. The molecule has 0 radical (unpaired) electrons. The summed E-state index contributed by atoms with van der Waals surface area (Å²) in [5.41, 5.74) is 6.06. The quantitative estimate of drug-likeness (QED) is 0.402. The van der Waals surface area contributed by atoms with E-state index in [1.165, 1.54) is 36.3 Å². The Balaban J connectivity index is 1.91. The van der Waals surface area contributed by atoms with Gasteiger partial charge in [-0.1, -0.05) is 11.8 Å². The number of Topliss-reactive ketones (excluding diaryl/α,β-unsaturated/α-hetero) is 1. The van der Waals surface area contributed by atoms with E-state index in [0.717, 1.165) is 4.88 Å². The van der Waals surface area contributed by atoms with Gasteiger partial charge in [-0.25, -0.2) is 14.4 Å². The second-order valence-corrected chi connectivity index (χ2v) is 7.37. The molecule has 0 spiro atoms. The number of aryl methyl sites for hydroxylation is 1. The lowest BCUT2D eigenvalue weighted by molar-refractivity contribution is 0.102. The number of halogens is 1. The molecule has 0 saturated carbocycles. The van der Waals surface area contributed by atoms with E-state index in [1.807, 2.05) is 6.07 Å². The Morgan fingerprint density at radius 3 is 2.80 bits per heavy atom. The van der Waals surface area contributed by atoms with Crippen LogP contribution in [0.5, 0.6) is 5.75 Å². The maximum atomic E-state index is 14.6.